The summed E-state index contributed by atoms with van der Waals surface area (Å²) in [5.41, 5.74) is 0.268. The summed E-state index contributed by atoms with van der Waals surface area (Å²) in [6.07, 6.45) is -3.16. The standard InChI is InChI=1S/C12H11F3N10OS/c13-12(14,15)10-19-20-11(27-10)24-3-1-23(2-4-24)9(26)7-5-8(18-17-7)25-6-16-21-22-25/h5-6H,1-4H2,(H,17,18). The number of hydrogen-bond acceptors (Lipinski definition) is 9. The van der Waals surface area contributed by atoms with Gasteiger partial charge < -0.3 is 9.80 Å². The van der Waals surface area contributed by atoms with Crippen LogP contribution >= 0.6 is 11.3 Å². The number of hydrogen-bond donors (Lipinski definition) is 1. The van der Waals surface area contributed by atoms with Crippen LogP contribution in [-0.4, -0.2) is 77.6 Å². The molecule has 1 aliphatic rings. The molecule has 27 heavy (non-hydrogen) atoms. The molecule has 11 nitrogen and oxygen atoms in total. The smallest absolute Gasteiger partial charge is 0.343 e. The number of H-pyrrole nitrogens is 1. The molecule has 0 aromatic carbocycles. The second-order valence-corrected chi connectivity index (χ2v) is 6.52. The van der Waals surface area contributed by atoms with E-state index in [-0.39, 0.29) is 16.7 Å². The number of anilines is 1. The summed E-state index contributed by atoms with van der Waals surface area (Å²) in [7, 11) is 0. The first-order chi connectivity index (χ1) is 12.9. The molecule has 0 atom stereocenters. The number of aromatic amines is 1. The van der Waals surface area contributed by atoms with Crippen molar-refractivity contribution in [2.75, 3.05) is 31.1 Å². The summed E-state index contributed by atoms with van der Waals surface area (Å²) in [6, 6.07) is 1.52. The van der Waals surface area contributed by atoms with Gasteiger partial charge in [-0.1, -0.05) is 11.3 Å². The van der Waals surface area contributed by atoms with E-state index < -0.39 is 11.2 Å². The minimum absolute atomic E-state index is 0.192. The third-order valence-electron chi connectivity index (χ3n) is 3.87. The van der Waals surface area contributed by atoms with Crippen molar-refractivity contribution in [3.8, 4) is 5.82 Å². The van der Waals surface area contributed by atoms with E-state index in [9.17, 15) is 18.0 Å². The van der Waals surface area contributed by atoms with E-state index in [0.29, 0.717) is 43.3 Å². The molecule has 0 aliphatic carbocycles. The van der Waals surface area contributed by atoms with Crippen LogP contribution in [0.2, 0.25) is 0 Å². The van der Waals surface area contributed by atoms with Gasteiger partial charge in [0, 0.05) is 32.2 Å². The number of tetrazole rings is 1. The maximum Gasteiger partial charge on any atom is 0.445 e. The van der Waals surface area contributed by atoms with Gasteiger partial charge in [0.25, 0.3) is 5.91 Å². The number of aromatic nitrogens is 8. The molecule has 0 saturated carbocycles. The van der Waals surface area contributed by atoms with Crippen LogP contribution in [0.15, 0.2) is 12.4 Å². The number of alkyl halides is 3. The molecule has 0 unspecified atom stereocenters. The quantitative estimate of drug-likeness (QED) is 0.663. The SMILES string of the molecule is O=C(c1cc(-n2cnnn2)n[nH]1)N1CCN(c2nnc(C(F)(F)F)s2)CC1. The lowest BCUT2D eigenvalue weighted by Crippen LogP contribution is -2.48. The lowest BCUT2D eigenvalue weighted by Gasteiger charge is -2.34. The van der Waals surface area contributed by atoms with Gasteiger partial charge in [-0.3, -0.25) is 9.89 Å². The molecule has 1 aliphatic heterocycles. The van der Waals surface area contributed by atoms with Gasteiger partial charge in [0.1, 0.15) is 12.0 Å². The second kappa shape index (κ2) is 6.57. The molecule has 1 saturated heterocycles. The predicted molar refractivity (Wildman–Crippen MR) is 84.3 cm³/mol. The average molecular weight is 400 g/mol. The van der Waals surface area contributed by atoms with E-state index in [0.717, 1.165) is 0 Å². The van der Waals surface area contributed by atoms with Gasteiger partial charge in [-0.15, -0.1) is 15.3 Å². The Hall–Kier alpha value is -3.10. The Morgan fingerprint density at radius 3 is 2.59 bits per heavy atom. The first kappa shape index (κ1) is 17.3. The van der Waals surface area contributed by atoms with Gasteiger partial charge in [0.2, 0.25) is 10.1 Å². The number of carbonyl (C=O) groups excluding carboxylic acids is 1. The second-order valence-electron chi connectivity index (χ2n) is 5.56. The summed E-state index contributed by atoms with van der Waals surface area (Å²) in [6.45, 7) is 1.37. The highest BCUT2D eigenvalue weighted by molar-refractivity contribution is 7.15. The molecule has 1 N–H and O–H groups in total. The molecule has 142 valence electrons. The maximum absolute atomic E-state index is 12.6. The van der Waals surface area contributed by atoms with Crippen molar-refractivity contribution in [3.05, 3.63) is 23.1 Å². The summed E-state index contributed by atoms with van der Waals surface area (Å²) >= 11 is 0.492. The zero-order valence-corrected chi connectivity index (χ0v) is 14.3. The Bertz CT molecular complexity index is 928. The van der Waals surface area contributed by atoms with Gasteiger partial charge in [-0.2, -0.15) is 23.0 Å². The van der Waals surface area contributed by atoms with Crippen LogP contribution < -0.4 is 4.90 Å². The zero-order valence-electron chi connectivity index (χ0n) is 13.5. The molecule has 4 rings (SSSR count). The topological polar surface area (TPSA) is 122 Å². The molecule has 4 heterocycles. The third-order valence-corrected chi connectivity index (χ3v) is 4.90. The number of nitrogens with one attached hydrogen (secondary N) is 1. The highest BCUT2D eigenvalue weighted by atomic mass is 32.1. The Labute approximate surface area is 152 Å². The molecule has 3 aromatic rings. The number of nitrogens with zero attached hydrogens (tertiary/aromatic N) is 9. The number of piperazine rings is 1. The van der Waals surface area contributed by atoms with E-state index in [1.807, 2.05) is 0 Å². The van der Waals surface area contributed by atoms with Gasteiger partial charge in [0.15, 0.2) is 5.82 Å². The van der Waals surface area contributed by atoms with Gasteiger partial charge in [-0.25, -0.2) is 0 Å². The van der Waals surface area contributed by atoms with Crippen LogP contribution in [0.4, 0.5) is 18.3 Å². The van der Waals surface area contributed by atoms with Crippen molar-refractivity contribution in [2.24, 2.45) is 0 Å². The van der Waals surface area contributed by atoms with Crippen LogP contribution in [0, 0.1) is 0 Å². The first-order valence-electron chi connectivity index (χ1n) is 7.65. The lowest BCUT2D eigenvalue weighted by atomic mass is 10.3. The zero-order chi connectivity index (χ0) is 19.0. The first-order valence-corrected chi connectivity index (χ1v) is 8.47. The highest BCUT2D eigenvalue weighted by Gasteiger charge is 2.36. The highest BCUT2D eigenvalue weighted by Crippen LogP contribution is 2.34. The fourth-order valence-corrected chi connectivity index (χ4v) is 3.30. The molecule has 3 aromatic heterocycles. The van der Waals surface area contributed by atoms with Crippen molar-refractivity contribution in [1.82, 2.24) is 45.5 Å². The van der Waals surface area contributed by atoms with Crippen molar-refractivity contribution >= 4 is 22.4 Å². The van der Waals surface area contributed by atoms with Crippen LogP contribution in [-0.2, 0) is 6.18 Å². The molecular weight excluding hydrogens is 389 g/mol. The molecule has 15 heteroatoms. The number of carbonyl (C=O) groups is 1. The van der Waals surface area contributed by atoms with Gasteiger partial charge in [0.05, 0.1) is 0 Å². The number of rotatable bonds is 3. The number of amides is 1. The van der Waals surface area contributed by atoms with Crippen LogP contribution in [0.1, 0.15) is 15.5 Å². The van der Waals surface area contributed by atoms with Crippen LogP contribution in [0.5, 0.6) is 0 Å². The van der Waals surface area contributed by atoms with Gasteiger partial charge >= 0.3 is 6.18 Å². The minimum atomic E-state index is -4.51. The maximum atomic E-state index is 12.6. The Kier molecular flexibility index (Phi) is 4.21. The summed E-state index contributed by atoms with van der Waals surface area (Å²) in [5, 5.41) is 23.3. The summed E-state index contributed by atoms with van der Waals surface area (Å²) < 4.78 is 39.2. The van der Waals surface area contributed by atoms with Crippen molar-refractivity contribution < 1.29 is 18.0 Å². The average Bonchev–Trinajstić information content (AvgIpc) is 3.41. The van der Waals surface area contributed by atoms with Crippen molar-refractivity contribution in [1.29, 1.82) is 0 Å². The predicted octanol–water partition coefficient (Wildman–Crippen LogP) is 0.218. The molecular formula is C12H11F3N10OS. The molecule has 1 amide bonds. The molecule has 1 fully saturated rings. The lowest BCUT2D eigenvalue weighted by molar-refractivity contribution is -0.138. The largest absolute Gasteiger partial charge is 0.445 e. The Morgan fingerprint density at radius 1 is 1.19 bits per heavy atom. The fourth-order valence-electron chi connectivity index (χ4n) is 2.53. The van der Waals surface area contributed by atoms with Crippen molar-refractivity contribution in [3.63, 3.8) is 0 Å². The Morgan fingerprint density at radius 2 is 1.96 bits per heavy atom. The normalized spacial score (nSPS) is 15.4. The van der Waals surface area contributed by atoms with Crippen LogP contribution in [0.25, 0.3) is 5.82 Å². The summed E-state index contributed by atoms with van der Waals surface area (Å²) in [5.74, 6) is 0.102. The Balaban J connectivity index is 1.39. The van der Waals surface area contributed by atoms with E-state index in [4.69, 9.17) is 0 Å². The van der Waals surface area contributed by atoms with Crippen molar-refractivity contribution in [2.45, 2.75) is 6.18 Å². The summed E-state index contributed by atoms with van der Waals surface area (Å²) in [4.78, 5) is 15.8. The minimum Gasteiger partial charge on any atom is -0.343 e. The third kappa shape index (κ3) is 3.44. The van der Waals surface area contributed by atoms with E-state index in [1.54, 1.807) is 9.80 Å². The molecule has 0 bridgehead atoms. The molecule has 0 radical (unpaired) electrons. The van der Waals surface area contributed by atoms with Gasteiger partial charge in [-0.05, 0) is 10.4 Å². The fraction of sp³-hybridized carbons (Fsp3) is 0.417. The van der Waals surface area contributed by atoms with Crippen LogP contribution in [0.3, 0.4) is 0 Å². The van der Waals surface area contributed by atoms with E-state index >= 15 is 0 Å². The monoisotopic (exact) mass is 400 g/mol. The molecule has 0 spiro atoms. The van der Waals surface area contributed by atoms with E-state index in [1.165, 1.54) is 17.1 Å². The number of halogens is 3. The van der Waals surface area contributed by atoms with E-state index in [2.05, 4.69) is 35.9 Å².